The first-order valence-corrected chi connectivity index (χ1v) is 24.5. The molecule has 5 N–H and O–H groups in total. The summed E-state index contributed by atoms with van der Waals surface area (Å²) in [5.41, 5.74) is 4.06. The van der Waals surface area contributed by atoms with Gasteiger partial charge in [0, 0.05) is 56.6 Å². The second-order valence-electron chi connectivity index (χ2n) is 17.7. The zero-order valence-electron chi connectivity index (χ0n) is 40.7. The molecule has 0 radical (unpaired) electrons. The predicted octanol–water partition coefficient (Wildman–Crippen LogP) is 6.53. The highest BCUT2D eigenvalue weighted by molar-refractivity contribution is 7.09. The standard InChI is InChI=1S/C44H62N6O7S.2C2HF3O2/c1-5-32(4)50(22-18-45-17-11-35-9-10-37(51)40-41(35)56-28-38(52)47-40)39(53)14-25-55-24-13-34-8-6-7-33(27-34)12-19-48-20-15-44(16-21-48)30-49(23-26-57-44)43(54)36-29-58-42(46-36)31(2)3;2*3-2(4,5)1(6)7/h6-10,27,29,31-32,45,51H,5,11-26,28,30H2,1-4H3,(H,47,52);2*(H,6,7)/t32-;;/m1../s1. The van der Waals surface area contributed by atoms with Gasteiger partial charge in [-0.1, -0.05) is 51.1 Å². The zero-order chi connectivity index (χ0) is 53.2. The Labute approximate surface area is 417 Å². The first-order valence-electron chi connectivity index (χ1n) is 23.6. The van der Waals surface area contributed by atoms with E-state index in [1.165, 1.54) is 11.1 Å². The van der Waals surface area contributed by atoms with E-state index in [4.69, 9.17) is 34.0 Å². The Morgan fingerprint density at radius 1 is 0.944 bits per heavy atom. The number of anilines is 1. The van der Waals surface area contributed by atoms with E-state index in [-0.39, 0.29) is 41.7 Å². The van der Waals surface area contributed by atoms with E-state index >= 15 is 0 Å². The molecule has 3 aliphatic heterocycles. The minimum Gasteiger partial charge on any atom is -0.506 e. The van der Waals surface area contributed by atoms with E-state index < -0.39 is 24.3 Å². The number of aromatic hydroxyl groups is 1. The number of hydrogen-bond acceptors (Lipinski definition) is 13. The Morgan fingerprint density at radius 3 is 2.21 bits per heavy atom. The Morgan fingerprint density at radius 2 is 1.60 bits per heavy atom. The number of hydrogen-bond donors (Lipinski definition) is 5. The number of rotatable bonds is 19. The number of alkyl halides is 6. The number of morpholine rings is 1. The fourth-order valence-corrected chi connectivity index (χ4v) is 8.72. The van der Waals surface area contributed by atoms with Crippen LogP contribution in [0.5, 0.6) is 11.5 Å². The minimum atomic E-state index is -5.08. The van der Waals surface area contributed by atoms with E-state index in [9.17, 15) is 45.8 Å². The number of nitrogens with one attached hydrogen (secondary N) is 2. The number of aliphatic carboxylic acids is 2. The third-order valence-corrected chi connectivity index (χ3v) is 13.2. The number of carbonyl (C=O) groups excluding carboxylic acids is 3. The molecular weight excluding hydrogens is 983 g/mol. The Hall–Kier alpha value is -5.56. The molecule has 0 saturated carbocycles. The topological polar surface area (TPSA) is 220 Å². The number of fused-ring (bicyclic) bond motifs is 1. The van der Waals surface area contributed by atoms with Gasteiger partial charge in [-0.3, -0.25) is 14.4 Å². The van der Waals surface area contributed by atoms with Crippen molar-refractivity contribution in [3.05, 3.63) is 69.2 Å². The summed E-state index contributed by atoms with van der Waals surface area (Å²) in [4.78, 5) is 67.0. The summed E-state index contributed by atoms with van der Waals surface area (Å²) in [6.45, 7) is 15.9. The Balaban J connectivity index is 0.000000703. The summed E-state index contributed by atoms with van der Waals surface area (Å²) in [5.74, 6) is -4.86. The van der Waals surface area contributed by atoms with Crippen molar-refractivity contribution in [3.8, 4) is 11.5 Å². The molecule has 3 aliphatic rings. The molecule has 2 fully saturated rings. The van der Waals surface area contributed by atoms with Gasteiger partial charge in [0.1, 0.15) is 17.1 Å². The summed E-state index contributed by atoms with van der Waals surface area (Å²) in [5, 5.41) is 33.4. The van der Waals surface area contributed by atoms with Gasteiger partial charge < -0.3 is 54.9 Å². The highest BCUT2D eigenvalue weighted by Crippen LogP contribution is 2.39. The Kier molecular flexibility index (Phi) is 22.5. The molecule has 2 aromatic carbocycles. The molecule has 6 rings (SSSR count). The van der Waals surface area contributed by atoms with Crippen LogP contribution in [0.1, 0.15) is 91.5 Å². The number of carboxylic acids is 2. The third kappa shape index (κ3) is 18.5. The quantitative estimate of drug-likeness (QED) is 0.0490. The number of likely N-dealkylation sites (tertiary alicyclic amines) is 1. The van der Waals surface area contributed by atoms with E-state index in [2.05, 4.69) is 72.5 Å². The van der Waals surface area contributed by atoms with Crippen LogP contribution in [0.15, 0.2) is 41.8 Å². The number of aromatic nitrogens is 1. The lowest BCUT2D eigenvalue weighted by molar-refractivity contribution is -0.193. The van der Waals surface area contributed by atoms with Gasteiger partial charge in [0.15, 0.2) is 12.4 Å². The molecule has 0 aliphatic carbocycles. The van der Waals surface area contributed by atoms with E-state index in [0.717, 1.165) is 62.3 Å². The van der Waals surface area contributed by atoms with Crippen molar-refractivity contribution in [1.29, 1.82) is 0 Å². The zero-order valence-corrected chi connectivity index (χ0v) is 41.5. The van der Waals surface area contributed by atoms with Crippen LogP contribution < -0.4 is 15.4 Å². The van der Waals surface area contributed by atoms with Crippen molar-refractivity contribution in [1.82, 2.24) is 25.0 Å². The maximum absolute atomic E-state index is 13.3. The third-order valence-electron chi connectivity index (χ3n) is 12.1. The highest BCUT2D eigenvalue weighted by atomic mass is 32.1. The normalized spacial score (nSPS) is 16.0. The predicted molar refractivity (Wildman–Crippen MR) is 253 cm³/mol. The average molecular weight is 1050 g/mol. The summed E-state index contributed by atoms with van der Waals surface area (Å²) in [6.07, 6.45) is -4.71. The van der Waals surface area contributed by atoms with Gasteiger partial charge >= 0.3 is 24.3 Å². The van der Waals surface area contributed by atoms with Gasteiger partial charge in [0.05, 0.1) is 43.4 Å². The number of carbonyl (C=O) groups is 5. The van der Waals surface area contributed by atoms with Gasteiger partial charge in [-0.2, -0.15) is 26.3 Å². The molecule has 72 heavy (non-hydrogen) atoms. The molecule has 1 aromatic heterocycles. The molecular formula is C48H64F6N6O11S. The summed E-state index contributed by atoms with van der Waals surface area (Å²) in [7, 11) is 0. The van der Waals surface area contributed by atoms with Crippen LogP contribution in [0.4, 0.5) is 32.0 Å². The molecule has 1 spiro atoms. The number of halogens is 6. The van der Waals surface area contributed by atoms with Crippen molar-refractivity contribution in [2.45, 2.75) is 103 Å². The molecule has 3 amide bonds. The number of ether oxygens (including phenoxy) is 3. The van der Waals surface area contributed by atoms with Crippen molar-refractivity contribution in [3.63, 3.8) is 0 Å². The van der Waals surface area contributed by atoms with Crippen molar-refractivity contribution in [2.24, 2.45) is 0 Å². The smallest absolute Gasteiger partial charge is 0.490 e. The number of benzene rings is 2. The number of carboxylic acid groups (broad SMARTS) is 2. The second kappa shape index (κ2) is 27.5. The second-order valence-corrected chi connectivity index (χ2v) is 18.6. The lowest BCUT2D eigenvalue weighted by Gasteiger charge is -2.47. The van der Waals surface area contributed by atoms with Crippen molar-refractivity contribution < 1.29 is 79.8 Å². The van der Waals surface area contributed by atoms with Gasteiger partial charge in [-0.05, 0) is 74.8 Å². The molecule has 0 bridgehead atoms. The van der Waals surface area contributed by atoms with Crippen molar-refractivity contribution in [2.75, 3.05) is 84.1 Å². The van der Waals surface area contributed by atoms with E-state index in [1.807, 2.05) is 21.2 Å². The molecule has 2 saturated heterocycles. The first-order chi connectivity index (χ1) is 33.9. The highest BCUT2D eigenvalue weighted by Gasteiger charge is 2.42. The van der Waals surface area contributed by atoms with E-state index in [1.54, 1.807) is 17.4 Å². The maximum Gasteiger partial charge on any atom is 0.490 e. The largest absolute Gasteiger partial charge is 0.506 e. The molecule has 17 nitrogen and oxygen atoms in total. The number of amides is 3. The lowest BCUT2D eigenvalue weighted by Crippen LogP contribution is -2.58. The number of phenolic OH excluding ortho intramolecular Hbond substituents is 1. The number of phenols is 1. The van der Waals surface area contributed by atoms with Crippen molar-refractivity contribution >= 4 is 46.7 Å². The molecule has 3 aromatic rings. The van der Waals surface area contributed by atoms with Crippen LogP contribution >= 0.6 is 11.3 Å². The van der Waals surface area contributed by atoms with Crippen LogP contribution in [-0.2, 0) is 47.9 Å². The molecule has 24 heteroatoms. The number of nitrogens with zero attached hydrogens (tertiary/aromatic N) is 4. The SMILES string of the molecule is CC[C@@H](C)N(CCNCCc1ccc(O)c2c1OCC(=O)N2)C(=O)CCOCCc1cccc(CCN2CCC3(CC2)CN(C(=O)c2csc(C(C)C)n2)CCO3)c1.O=C(O)C(F)(F)F.O=C(O)C(F)(F)F. The number of thiazole rings is 1. The summed E-state index contributed by atoms with van der Waals surface area (Å²) >= 11 is 1.57. The lowest BCUT2D eigenvalue weighted by atomic mass is 9.89. The first kappa shape index (κ1) is 59.0. The van der Waals surface area contributed by atoms with Gasteiger partial charge in [-0.15, -0.1) is 11.3 Å². The molecule has 1 atom stereocenters. The van der Waals surface area contributed by atoms with Crippen LogP contribution in [0.3, 0.4) is 0 Å². The summed E-state index contributed by atoms with van der Waals surface area (Å²) < 4.78 is 81.4. The molecule has 4 heterocycles. The van der Waals surface area contributed by atoms with Gasteiger partial charge in [0.2, 0.25) is 5.91 Å². The van der Waals surface area contributed by atoms with Crippen LogP contribution in [0.25, 0.3) is 0 Å². The average Bonchev–Trinajstić information content (AvgIpc) is 3.84. The number of piperidine rings is 1. The molecule has 400 valence electrons. The van der Waals surface area contributed by atoms with Gasteiger partial charge in [0.25, 0.3) is 11.8 Å². The maximum atomic E-state index is 13.3. The van der Waals surface area contributed by atoms with Crippen LogP contribution in [0.2, 0.25) is 0 Å². The van der Waals surface area contributed by atoms with Gasteiger partial charge in [-0.25, -0.2) is 14.6 Å². The molecule has 0 unspecified atom stereocenters. The Bertz CT molecular complexity index is 2250. The minimum absolute atomic E-state index is 0.0115. The monoisotopic (exact) mass is 1050 g/mol. The fraction of sp³-hybridized carbons (Fsp3) is 0.583. The van der Waals surface area contributed by atoms with E-state index in [0.29, 0.717) is 88.4 Å². The summed E-state index contributed by atoms with van der Waals surface area (Å²) in [6, 6.07) is 12.2. The van der Waals surface area contributed by atoms with Crippen LogP contribution in [0, 0.1) is 0 Å². The fourth-order valence-electron chi connectivity index (χ4n) is 7.91. The van der Waals surface area contributed by atoms with Crippen LogP contribution in [-0.4, -0.2) is 167 Å².